The van der Waals surface area contributed by atoms with Crippen LogP contribution in [0.2, 0.25) is 0 Å². The summed E-state index contributed by atoms with van der Waals surface area (Å²) in [6.45, 7) is 12.6. The molecule has 0 spiro atoms. The zero-order valence-corrected chi connectivity index (χ0v) is 16.5. The molecule has 0 radical (unpaired) electrons. The number of carbonyl (C=O) groups is 2. The molecule has 1 aliphatic rings. The maximum atomic E-state index is 12.0. The van der Waals surface area contributed by atoms with Crippen LogP contribution in [0, 0.1) is 25.7 Å². The molecule has 0 unspecified atom stereocenters. The molecule has 0 heterocycles. The van der Waals surface area contributed by atoms with Crippen LogP contribution < -0.4 is 4.74 Å². The molecule has 2 rings (SSSR count). The maximum absolute atomic E-state index is 12.0. The van der Waals surface area contributed by atoms with E-state index in [1.807, 2.05) is 45.9 Å². The van der Waals surface area contributed by atoms with Gasteiger partial charge < -0.3 is 9.47 Å². The van der Waals surface area contributed by atoms with Crippen LogP contribution in [0.3, 0.4) is 0 Å². The summed E-state index contributed by atoms with van der Waals surface area (Å²) in [4.78, 5) is 22.2. The number of carbonyl (C=O) groups excluding carboxylic acids is 2. The number of hydrogen-bond acceptors (Lipinski definition) is 4. The minimum absolute atomic E-state index is 0.157. The number of aryl methyl sites for hydroxylation is 2. The Kier molecular flexibility index (Phi) is 9.71. The molecule has 0 saturated heterocycles. The lowest BCUT2D eigenvalue weighted by Crippen LogP contribution is -2.22. The molecule has 1 saturated carbocycles. The van der Waals surface area contributed by atoms with Gasteiger partial charge in [-0.1, -0.05) is 11.6 Å². The molecule has 0 amide bonds. The van der Waals surface area contributed by atoms with E-state index >= 15 is 0 Å². The summed E-state index contributed by atoms with van der Waals surface area (Å²) in [7, 11) is 0. The molecule has 1 aromatic carbocycles. The number of hydrogen-bond donors (Lipinski definition) is 0. The van der Waals surface area contributed by atoms with E-state index in [9.17, 15) is 9.59 Å². The Morgan fingerprint density at radius 1 is 1.12 bits per heavy atom. The summed E-state index contributed by atoms with van der Waals surface area (Å²) < 4.78 is 10.3. The Labute approximate surface area is 157 Å². The van der Waals surface area contributed by atoms with Gasteiger partial charge in [0.05, 0.1) is 6.61 Å². The van der Waals surface area contributed by atoms with Crippen LogP contribution in [-0.2, 0) is 14.3 Å². The Balaban J connectivity index is 0.000000765. The van der Waals surface area contributed by atoms with Crippen molar-refractivity contribution < 1.29 is 19.1 Å². The molecular formula is C22H32O4. The molecule has 26 heavy (non-hydrogen) atoms. The van der Waals surface area contributed by atoms with Gasteiger partial charge in [-0.15, -0.1) is 6.58 Å². The Morgan fingerprint density at radius 3 is 2.23 bits per heavy atom. The molecule has 0 aliphatic heterocycles. The quantitative estimate of drug-likeness (QED) is 0.304. The van der Waals surface area contributed by atoms with Gasteiger partial charge in [0.1, 0.15) is 5.75 Å². The molecule has 1 fully saturated rings. The van der Waals surface area contributed by atoms with Gasteiger partial charge in [0.15, 0.2) is 0 Å². The van der Waals surface area contributed by atoms with Gasteiger partial charge in [-0.05, 0) is 88.5 Å². The van der Waals surface area contributed by atoms with E-state index in [1.54, 1.807) is 0 Å². The molecule has 144 valence electrons. The number of esters is 1. The third-order valence-corrected chi connectivity index (χ3v) is 4.53. The predicted octanol–water partition coefficient (Wildman–Crippen LogP) is 5.16. The summed E-state index contributed by atoms with van der Waals surface area (Å²) in [5, 5.41) is 0. The second kappa shape index (κ2) is 11.5. The SMILES string of the molecule is C=C(C)C.Cc1ccc(OC(=O)CC2CCC(COC=O)CC2)cc1C. The smallest absolute Gasteiger partial charge is 0.311 e. The first-order valence-corrected chi connectivity index (χ1v) is 9.27. The van der Waals surface area contributed by atoms with E-state index < -0.39 is 0 Å². The van der Waals surface area contributed by atoms with Gasteiger partial charge >= 0.3 is 5.97 Å². The van der Waals surface area contributed by atoms with E-state index in [2.05, 4.69) is 6.58 Å². The zero-order chi connectivity index (χ0) is 19.5. The lowest BCUT2D eigenvalue weighted by atomic mass is 9.81. The van der Waals surface area contributed by atoms with Crippen molar-refractivity contribution in [2.24, 2.45) is 11.8 Å². The fourth-order valence-electron chi connectivity index (χ4n) is 2.96. The second-order valence-electron chi connectivity index (χ2n) is 7.45. The van der Waals surface area contributed by atoms with Crippen molar-refractivity contribution in [3.63, 3.8) is 0 Å². The number of benzene rings is 1. The first kappa shape index (κ1) is 21.9. The minimum Gasteiger partial charge on any atom is -0.468 e. The molecule has 4 nitrogen and oxygen atoms in total. The lowest BCUT2D eigenvalue weighted by Gasteiger charge is -2.27. The fourth-order valence-corrected chi connectivity index (χ4v) is 2.96. The molecular weight excluding hydrogens is 328 g/mol. The molecule has 0 bridgehead atoms. The van der Waals surface area contributed by atoms with Crippen molar-refractivity contribution in [3.8, 4) is 5.75 Å². The van der Waals surface area contributed by atoms with E-state index in [4.69, 9.17) is 9.47 Å². The standard InChI is InChI=1S/C18H24O4.C4H8/c1-13-3-8-17(9-14(13)2)22-18(20)10-15-4-6-16(7-5-15)11-21-12-19;1-4(2)3/h3,8-9,12,15-16H,4-7,10-11H2,1-2H3;1H2,2-3H3. The van der Waals surface area contributed by atoms with E-state index in [-0.39, 0.29) is 5.97 Å². The molecule has 0 aromatic heterocycles. The van der Waals surface area contributed by atoms with Gasteiger partial charge in [-0.2, -0.15) is 0 Å². The maximum Gasteiger partial charge on any atom is 0.311 e. The first-order valence-electron chi connectivity index (χ1n) is 9.27. The highest BCUT2D eigenvalue weighted by Crippen LogP contribution is 2.31. The van der Waals surface area contributed by atoms with Crippen molar-refractivity contribution in [1.82, 2.24) is 0 Å². The van der Waals surface area contributed by atoms with Crippen LogP contribution in [0.25, 0.3) is 0 Å². The summed E-state index contributed by atoms with van der Waals surface area (Å²) in [5.41, 5.74) is 3.48. The van der Waals surface area contributed by atoms with Crippen molar-refractivity contribution in [3.05, 3.63) is 41.5 Å². The lowest BCUT2D eigenvalue weighted by molar-refractivity contribution is -0.135. The largest absolute Gasteiger partial charge is 0.468 e. The van der Waals surface area contributed by atoms with Gasteiger partial charge in [0.25, 0.3) is 6.47 Å². The van der Waals surface area contributed by atoms with E-state index in [1.165, 1.54) is 11.1 Å². The van der Waals surface area contributed by atoms with Crippen LogP contribution in [-0.4, -0.2) is 19.0 Å². The monoisotopic (exact) mass is 360 g/mol. The number of ether oxygens (including phenoxy) is 2. The zero-order valence-electron chi connectivity index (χ0n) is 16.5. The fraction of sp³-hybridized carbons (Fsp3) is 0.545. The second-order valence-corrected chi connectivity index (χ2v) is 7.45. The molecule has 4 heteroatoms. The topological polar surface area (TPSA) is 52.6 Å². The van der Waals surface area contributed by atoms with Gasteiger partial charge in [0.2, 0.25) is 0 Å². The number of rotatable bonds is 6. The highest BCUT2D eigenvalue weighted by molar-refractivity contribution is 5.72. The third kappa shape index (κ3) is 8.84. The predicted molar refractivity (Wildman–Crippen MR) is 104 cm³/mol. The van der Waals surface area contributed by atoms with Gasteiger partial charge in [0, 0.05) is 6.42 Å². The van der Waals surface area contributed by atoms with Gasteiger partial charge in [-0.25, -0.2) is 0 Å². The molecule has 0 atom stereocenters. The Morgan fingerprint density at radius 2 is 1.69 bits per heavy atom. The Bertz CT molecular complexity index is 594. The highest BCUT2D eigenvalue weighted by atomic mass is 16.5. The average Bonchev–Trinajstić information content (AvgIpc) is 2.57. The number of allylic oxidation sites excluding steroid dienone is 1. The Hall–Kier alpha value is -2.10. The molecule has 1 aromatic rings. The summed E-state index contributed by atoms with van der Waals surface area (Å²) in [5.74, 6) is 1.29. The van der Waals surface area contributed by atoms with E-state index in [0.29, 0.717) is 37.1 Å². The van der Waals surface area contributed by atoms with Crippen molar-refractivity contribution >= 4 is 12.4 Å². The van der Waals surface area contributed by atoms with Crippen LogP contribution >= 0.6 is 0 Å². The van der Waals surface area contributed by atoms with E-state index in [0.717, 1.165) is 31.2 Å². The minimum atomic E-state index is -0.157. The third-order valence-electron chi connectivity index (χ3n) is 4.53. The molecule has 0 N–H and O–H groups in total. The van der Waals surface area contributed by atoms with Crippen LogP contribution in [0.5, 0.6) is 5.75 Å². The van der Waals surface area contributed by atoms with Crippen LogP contribution in [0.4, 0.5) is 0 Å². The average molecular weight is 360 g/mol. The van der Waals surface area contributed by atoms with Gasteiger partial charge in [-0.3, -0.25) is 9.59 Å². The first-order chi connectivity index (χ1) is 12.3. The summed E-state index contributed by atoms with van der Waals surface area (Å²) >= 11 is 0. The van der Waals surface area contributed by atoms with Crippen molar-refractivity contribution in [2.75, 3.05) is 6.61 Å². The van der Waals surface area contributed by atoms with Crippen LogP contribution in [0.15, 0.2) is 30.4 Å². The molecule has 1 aliphatic carbocycles. The van der Waals surface area contributed by atoms with Crippen molar-refractivity contribution in [1.29, 1.82) is 0 Å². The normalized spacial score (nSPS) is 18.9. The summed E-state index contributed by atoms with van der Waals surface area (Å²) in [6, 6.07) is 5.71. The van der Waals surface area contributed by atoms with Crippen molar-refractivity contribution in [2.45, 2.75) is 59.8 Å². The van der Waals surface area contributed by atoms with Crippen LogP contribution in [0.1, 0.15) is 57.1 Å². The highest BCUT2D eigenvalue weighted by Gasteiger charge is 2.24. The summed E-state index contributed by atoms with van der Waals surface area (Å²) in [6.07, 6.45) is 4.48.